The zero-order chi connectivity index (χ0) is 23.0. The number of nitrogens with zero attached hydrogens (tertiary/aromatic N) is 2. The van der Waals surface area contributed by atoms with Gasteiger partial charge in [-0.05, 0) is 36.1 Å². The van der Waals surface area contributed by atoms with Crippen molar-refractivity contribution in [2.75, 3.05) is 38.0 Å². The lowest BCUT2D eigenvalue weighted by molar-refractivity contribution is -0.132. The van der Waals surface area contributed by atoms with Crippen LogP contribution in [0.1, 0.15) is 22.3 Å². The molecule has 33 heavy (non-hydrogen) atoms. The second-order valence-corrected chi connectivity index (χ2v) is 8.69. The SMILES string of the molecule is Cc1ccc(CC(=O)N2CCN(CC(=O)Nc3ccccc3Cc3ccccc3)CC2)cc1. The first-order valence-corrected chi connectivity index (χ1v) is 11.5. The Bertz CT molecular complexity index is 1070. The lowest BCUT2D eigenvalue weighted by Gasteiger charge is -2.34. The molecule has 2 amide bonds. The van der Waals surface area contributed by atoms with Gasteiger partial charge in [-0.25, -0.2) is 0 Å². The number of aryl methyl sites for hydroxylation is 1. The van der Waals surface area contributed by atoms with Crippen LogP contribution in [0.4, 0.5) is 5.69 Å². The van der Waals surface area contributed by atoms with Gasteiger partial charge in [0, 0.05) is 31.9 Å². The molecule has 0 saturated carbocycles. The van der Waals surface area contributed by atoms with Crippen molar-refractivity contribution in [2.24, 2.45) is 0 Å². The highest BCUT2D eigenvalue weighted by Gasteiger charge is 2.22. The number of hydrogen-bond acceptors (Lipinski definition) is 3. The Balaban J connectivity index is 1.26. The summed E-state index contributed by atoms with van der Waals surface area (Å²) in [6, 6.07) is 26.3. The highest BCUT2D eigenvalue weighted by Crippen LogP contribution is 2.19. The fraction of sp³-hybridized carbons (Fsp3) is 0.286. The number of anilines is 1. The lowest BCUT2D eigenvalue weighted by Crippen LogP contribution is -2.50. The Morgan fingerprint density at radius 2 is 1.45 bits per heavy atom. The van der Waals surface area contributed by atoms with Crippen molar-refractivity contribution in [2.45, 2.75) is 19.8 Å². The topological polar surface area (TPSA) is 52.7 Å². The number of amides is 2. The third-order valence-electron chi connectivity index (χ3n) is 6.10. The molecule has 0 unspecified atom stereocenters. The van der Waals surface area contributed by atoms with Crippen LogP contribution in [0.15, 0.2) is 78.9 Å². The maximum absolute atomic E-state index is 12.7. The summed E-state index contributed by atoms with van der Waals surface area (Å²) in [6.45, 7) is 5.10. The molecule has 0 spiro atoms. The summed E-state index contributed by atoms with van der Waals surface area (Å²) >= 11 is 0. The standard InChI is InChI=1S/C28H31N3O2/c1-22-11-13-24(14-12-22)20-28(33)31-17-15-30(16-18-31)21-27(32)29-26-10-6-5-9-25(26)19-23-7-3-2-4-8-23/h2-14H,15-21H2,1H3,(H,29,32). The Kier molecular flexibility index (Phi) is 7.53. The van der Waals surface area contributed by atoms with Crippen molar-refractivity contribution >= 4 is 17.5 Å². The minimum Gasteiger partial charge on any atom is -0.340 e. The van der Waals surface area contributed by atoms with E-state index in [9.17, 15) is 9.59 Å². The monoisotopic (exact) mass is 441 g/mol. The molecule has 0 radical (unpaired) electrons. The third-order valence-corrected chi connectivity index (χ3v) is 6.10. The van der Waals surface area contributed by atoms with E-state index in [0.29, 0.717) is 39.1 Å². The van der Waals surface area contributed by atoms with Crippen molar-refractivity contribution in [1.82, 2.24) is 9.80 Å². The lowest BCUT2D eigenvalue weighted by atomic mass is 10.0. The first-order valence-electron chi connectivity index (χ1n) is 11.5. The van der Waals surface area contributed by atoms with Crippen molar-refractivity contribution in [1.29, 1.82) is 0 Å². The van der Waals surface area contributed by atoms with Crippen molar-refractivity contribution in [3.05, 3.63) is 101 Å². The number of nitrogens with one attached hydrogen (secondary N) is 1. The van der Waals surface area contributed by atoms with Gasteiger partial charge in [0.05, 0.1) is 13.0 Å². The van der Waals surface area contributed by atoms with Crippen molar-refractivity contribution < 1.29 is 9.59 Å². The van der Waals surface area contributed by atoms with Crippen molar-refractivity contribution in [3.8, 4) is 0 Å². The first-order chi connectivity index (χ1) is 16.1. The molecule has 1 fully saturated rings. The highest BCUT2D eigenvalue weighted by atomic mass is 16.2. The zero-order valence-corrected chi connectivity index (χ0v) is 19.2. The molecular formula is C28H31N3O2. The number of carbonyl (C=O) groups is 2. The van der Waals surface area contributed by atoms with Crippen molar-refractivity contribution in [3.63, 3.8) is 0 Å². The fourth-order valence-corrected chi connectivity index (χ4v) is 4.15. The van der Waals surface area contributed by atoms with Gasteiger partial charge in [-0.3, -0.25) is 14.5 Å². The summed E-state index contributed by atoms with van der Waals surface area (Å²) in [4.78, 5) is 29.4. The molecule has 3 aromatic carbocycles. The minimum atomic E-state index is -0.0186. The molecule has 1 heterocycles. The van der Waals surface area contributed by atoms with Gasteiger partial charge < -0.3 is 10.2 Å². The van der Waals surface area contributed by atoms with Crippen LogP contribution >= 0.6 is 0 Å². The van der Waals surface area contributed by atoms with E-state index in [0.717, 1.165) is 23.2 Å². The minimum absolute atomic E-state index is 0.0186. The van der Waals surface area contributed by atoms with Gasteiger partial charge in [0.25, 0.3) is 0 Å². The molecular weight excluding hydrogens is 410 g/mol. The number of hydrogen-bond donors (Lipinski definition) is 1. The molecule has 3 aromatic rings. The van der Waals surface area contributed by atoms with Gasteiger partial charge in [0.1, 0.15) is 0 Å². The van der Waals surface area contributed by atoms with E-state index in [1.165, 1.54) is 11.1 Å². The van der Waals surface area contributed by atoms with Crippen LogP contribution in [0.2, 0.25) is 0 Å². The molecule has 0 atom stereocenters. The molecule has 0 aromatic heterocycles. The smallest absolute Gasteiger partial charge is 0.238 e. The van der Waals surface area contributed by atoms with Crippen LogP contribution in [-0.2, 0) is 22.4 Å². The van der Waals surface area contributed by atoms with Gasteiger partial charge in [-0.15, -0.1) is 0 Å². The summed E-state index contributed by atoms with van der Waals surface area (Å²) in [7, 11) is 0. The highest BCUT2D eigenvalue weighted by molar-refractivity contribution is 5.93. The average molecular weight is 442 g/mol. The summed E-state index contributed by atoms with van der Waals surface area (Å²) in [5, 5.41) is 3.09. The maximum Gasteiger partial charge on any atom is 0.238 e. The molecule has 1 aliphatic heterocycles. The van der Waals surface area contributed by atoms with E-state index in [-0.39, 0.29) is 11.8 Å². The van der Waals surface area contributed by atoms with Crippen LogP contribution < -0.4 is 5.32 Å². The molecule has 0 aliphatic carbocycles. The predicted molar refractivity (Wildman–Crippen MR) is 132 cm³/mol. The zero-order valence-electron chi connectivity index (χ0n) is 19.2. The number of piperazine rings is 1. The molecule has 170 valence electrons. The number of rotatable bonds is 7. The van der Waals surface area contributed by atoms with Gasteiger partial charge >= 0.3 is 0 Å². The number of carbonyl (C=O) groups excluding carboxylic acids is 2. The molecule has 4 rings (SSSR count). The second kappa shape index (κ2) is 10.9. The Labute approximate surface area is 196 Å². The first kappa shape index (κ1) is 22.7. The van der Waals surface area contributed by atoms with Crippen LogP contribution in [0, 0.1) is 6.92 Å². The fourth-order valence-electron chi connectivity index (χ4n) is 4.15. The Hall–Kier alpha value is -3.44. The van der Waals surface area contributed by atoms with Gasteiger partial charge in [-0.2, -0.15) is 0 Å². The van der Waals surface area contributed by atoms with E-state index in [2.05, 4.69) is 28.4 Å². The maximum atomic E-state index is 12.7. The Morgan fingerprint density at radius 3 is 2.18 bits per heavy atom. The summed E-state index contributed by atoms with van der Waals surface area (Å²) in [5.74, 6) is 0.132. The third kappa shape index (κ3) is 6.53. The molecule has 1 aliphatic rings. The average Bonchev–Trinajstić information content (AvgIpc) is 2.83. The normalized spacial score (nSPS) is 14.2. The Morgan fingerprint density at radius 1 is 0.788 bits per heavy atom. The van der Waals surface area contributed by atoms with E-state index in [1.54, 1.807) is 0 Å². The van der Waals surface area contributed by atoms with Crippen LogP contribution in [0.3, 0.4) is 0 Å². The van der Waals surface area contributed by atoms with E-state index < -0.39 is 0 Å². The molecule has 5 heteroatoms. The molecule has 1 saturated heterocycles. The van der Waals surface area contributed by atoms with Gasteiger partial charge in [0.15, 0.2) is 0 Å². The van der Waals surface area contributed by atoms with Crippen LogP contribution in [0.25, 0.3) is 0 Å². The van der Waals surface area contributed by atoms with E-state index in [1.807, 2.05) is 72.5 Å². The summed E-state index contributed by atoms with van der Waals surface area (Å²) in [5.41, 5.74) is 5.41. The predicted octanol–water partition coefficient (Wildman–Crippen LogP) is 3.91. The van der Waals surface area contributed by atoms with E-state index in [4.69, 9.17) is 0 Å². The van der Waals surface area contributed by atoms with E-state index >= 15 is 0 Å². The summed E-state index contributed by atoms with van der Waals surface area (Å²) in [6.07, 6.45) is 1.21. The molecule has 0 bridgehead atoms. The van der Waals surface area contributed by atoms with Gasteiger partial charge in [0.2, 0.25) is 11.8 Å². The second-order valence-electron chi connectivity index (χ2n) is 8.69. The van der Waals surface area contributed by atoms with Crippen LogP contribution in [0.5, 0.6) is 0 Å². The molecule has 5 nitrogen and oxygen atoms in total. The quantitative estimate of drug-likeness (QED) is 0.605. The number of para-hydroxylation sites is 1. The largest absolute Gasteiger partial charge is 0.340 e. The number of benzene rings is 3. The summed E-state index contributed by atoms with van der Waals surface area (Å²) < 4.78 is 0. The van der Waals surface area contributed by atoms with Gasteiger partial charge in [-0.1, -0.05) is 78.4 Å². The van der Waals surface area contributed by atoms with Crippen LogP contribution in [-0.4, -0.2) is 54.3 Å². The molecule has 1 N–H and O–H groups in total.